The van der Waals surface area contributed by atoms with E-state index in [2.05, 4.69) is 11.2 Å². The summed E-state index contributed by atoms with van der Waals surface area (Å²) < 4.78 is 26.8. The predicted molar refractivity (Wildman–Crippen MR) is 81.5 cm³/mol. The van der Waals surface area contributed by atoms with Crippen LogP contribution in [0.4, 0.5) is 4.39 Å². The van der Waals surface area contributed by atoms with Crippen LogP contribution in [0.1, 0.15) is 40.5 Å². The summed E-state index contributed by atoms with van der Waals surface area (Å²) in [4.78, 5) is 14.5. The molecule has 0 radical (unpaired) electrons. The van der Waals surface area contributed by atoms with Gasteiger partial charge < -0.3 is 14.4 Å². The van der Waals surface area contributed by atoms with Crippen LogP contribution in [0, 0.1) is 5.82 Å². The van der Waals surface area contributed by atoms with Gasteiger partial charge in [-0.1, -0.05) is 0 Å². The molecule has 6 nitrogen and oxygen atoms in total. The average Bonchev–Trinajstić information content (AvgIpc) is 3.18. The second-order valence-corrected chi connectivity index (χ2v) is 6.44. The summed E-state index contributed by atoms with van der Waals surface area (Å²) in [5.41, 5.74) is 2.07. The summed E-state index contributed by atoms with van der Waals surface area (Å²) in [6.45, 7) is 1.57. The SMILES string of the molecule is O=C(c1c(F)ccc2c1OCO2)N1CCn2nc(C3CC3)cc2C1. The Morgan fingerprint density at radius 2 is 2.12 bits per heavy atom. The number of fused-ring (bicyclic) bond motifs is 2. The molecule has 0 bridgehead atoms. The van der Waals surface area contributed by atoms with Crippen LogP contribution in [0.15, 0.2) is 18.2 Å². The number of ether oxygens (including phenoxy) is 2. The smallest absolute Gasteiger partial charge is 0.261 e. The second-order valence-electron chi connectivity index (χ2n) is 6.44. The van der Waals surface area contributed by atoms with Crippen LogP contribution in [-0.4, -0.2) is 33.9 Å². The molecule has 0 spiro atoms. The van der Waals surface area contributed by atoms with E-state index in [0.717, 1.165) is 11.4 Å². The molecule has 7 heteroatoms. The first-order valence-electron chi connectivity index (χ1n) is 8.14. The van der Waals surface area contributed by atoms with E-state index in [-0.39, 0.29) is 24.0 Å². The zero-order valence-corrected chi connectivity index (χ0v) is 13.0. The lowest BCUT2D eigenvalue weighted by atomic mass is 10.1. The van der Waals surface area contributed by atoms with Crippen molar-refractivity contribution in [1.29, 1.82) is 0 Å². The van der Waals surface area contributed by atoms with Crippen LogP contribution in [0.25, 0.3) is 0 Å². The molecule has 1 aromatic carbocycles. The summed E-state index contributed by atoms with van der Waals surface area (Å²) in [5, 5.41) is 4.61. The summed E-state index contributed by atoms with van der Waals surface area (Å²) in [6, 6.07) is 4.81. The maximum absolute atomic E-state index is 14.3. The van der Waals surface area contributed by atoms with E-state index in [4.69, 9.17) is 9.47 Å². The minimum atomic E-state index is -0.581. The quantitative estimate of drug-likeness (QED) is 0.848. The Morgan fingerprint density at radius 3 is 2.96 bits per heavy atom. The Balaban J connectivity index is 1.45. The molecule has 0 saturated heterocycles. The third kappa shape index (κ3) is 2.07. The van der Waals surface area contributed by atoms with E-state index in [1.54, 1.807) is 4.90 Å². The van der Waals surface area contributed by atoms with Crippen LogP contribution >= 0.6 is 0 Å². The van der Waals surface area contributed by atoms with Gasteiger partial charge in [0.05, 0.1) is 24.5 Å². The van der Waals surface area contributed by atoms with Gasteiger partial charge in [-0.25, -0.2) is 4.39 Å². The number of amides is 1. The van der Waals surface area contributed by atoms with Crippen molar-refractivity contribution in [2.75, 3.05) is 13.3 Å². The Kier molecular flexibility index (Phi) is 2.86. The van der Waals surface area contributed by atoms with Gasteiger partial charge in [0.15, 0.2) is 11.5 Å². The van der Waals surface area contributed by atoms with E-state index in [0.29, 0.717) is 31.3 Å². The highest BCUT2D eigenvalue weighted by atomic mass is 19.1. The zero-order chi connectivity index (χ0) is 16.3. The minimum Gasteiger partial charge on any atom is -0.454 e. The number of carbonyl (C=O) groups excluding carboxylic acids is 1. The first-order chi connectivity index (χ1) is 11.7. The van der Waals surface area contributed by atoms with Crippen LogP contribution in [-0.2, 0) is 13.1 Å². The van der Waals surface area contributed by atoms with Crippen LogP contribution in [0.3, 0.4) is 0 Å². The normalized spacial score (nSPS) is 18.6. The molecule has 5 rings (SSSR count). The van der Waals surface area contributed by atoms with Gasteiger partial charge in [0.1, 0.15) is 11.4 Å². The van der Waals surface area contributed by atoms with Gasteiger partial charge in [0.2, 0.25) is 6.79 Å². The number of hydrogen-bond donors (Lipinski definition) is 0. The van der Waals surface area contributed by atoms with E-state index in [9.17, 15) is 9.18 Å². The summed E-state index contributed by atoms with van der Waals surface area (Å²) >= 11 is 0. The van der Waals surface area contributed by atoms with Crippen LogP contribution < -0.4 is 9.47 Å². The van der Waals surface area contributed by atoms with Gasteiger partial charge in [-0.05, 0) is 31.0 Å². The lowest BCUT2D eigenvalue weighted by Crippen LogP contribution is -2.38. The number of nitrogens with zero attached hydrogens (tertiary/aromatic N) is 3. The van der Waals surface area contributed by atoms with Gasteiger partial charge >= 0.3 is 0 Å². The van der Waals surface area contributed by atoms with Crippen molar-refractivity contribution >= 4 is 5.91 Å². The lowest BCUT2D eigenvalue weighted by molar-refractivity contribution is 0.0696. The monoisotopic (exact) mass is 329 g/mol. The Bertz CT molecular complexity index is 844. The van der Waals surface area contributed by atoms with Crippen molar-refractivity contribution in [2.24, 2.45) is 0 Å². The second kappa shape index (κ2) is 4.96. The molecular formula is C17H16FN3O3. The molecule has 0 atom stereocenters. The van der Waals surface area contributed by atoms with E-state index in [1.165, 1.54) is 25.0 Å². The summed E-state index contributed by atoms with van der Waals surface area (Å²) in [7, 11) is 0. The number of rotatable bonds is 2. The maximum Gasteiger partial charge on any atom is 0.261 e. The Hall–Kier alpha value is -2.57. The molecule has 3 aliphatic rings. The molecule has 1 fully saturated rings. The van der Waals surface area contributed by atoms with Crippen LogP contribution in [0.2, 0.25) is 0 Å². The molecule has 1 aromatic heterocycles. The Labute approximate surface area is 137 Å². The molecule has 2 aliphatic heterocycles. The number of carbonyl (C=O) groups is 1. The molecule has 0 N–H and O–H groups in total. The van der Waals surface area contributed by atoms with Crippen molar-refractivity contribution in [1.82, 2.24) is 14.7 Å². The highest BCUT2D eigenvalue weighted by Crippen LogP contribution is 2.40. The largest absolute Gasteiger partial charge is 0.454 e. The van der Waals surface area contributed by atoms with Gasteiger partial charge in [-0.15, -0.1) is 0 Å². The number of hydrogen-bond acceptors (Lipinski definition) is 4. The predicted octanol–water partition coefficient (Wildman–Crippen LogP) is 2.28. The highest BCUT2D eigenvalue weighted by molar-refractivity contribution is 5.98. The van der Waals surface area contributed by atoms with E-state index < -0.39 is 5.82 Å². The third-order valence-corrected chi connectivity index (χ3v) is 4.80. The van der Waals surface area contributed by atoms with Crippen molar-refractivity contribution < 1.29 is 18.7 Å². The highest BCUT2D eigenvalue weighted by Gasteiger charge is 2.33. The molecule has 24 heavy (non-hydrogen) atoms. The van der Waals surface area contributed by atoms with Gasteiger partial charge in [0, 0.05) is 12.5 Å². The van der Waals surface area contributed by atoms with Crippen molar-refractivity contribution in [3.05, 3.63) is 41.0 Å². The van der Waals surface area contributed by atoms with E-state index in [1.807, 2.05) is 4.68 Å². The molecule has 3 heterocycles. The fourth-order valence-electron chi connectivity index (χ4n) is 3.35. The minimum absolute atomic E-state index is 0.0105. The molecule has 1 aliphatic carbocycles. The molecule has 0 unspecified atom stereocenters. The standard InChI is InChI=1S/C17H16FN3O3/c18-12-3-4-14-16(24-9-23-14)15(12)17(22)20-5-6-21-11(8-20)7-13(19-21)10-1-2-10/h3-4,7,10H,1-2,5-6,8-9H2. The van der Waals surface area contributed by atoms with E-state index >= 15 is 0 Å². The Morgan fingerprint density at radius 1 is 1.25 bits per heavy atom. The molecule has 1 saturated carbocycles. The topological polar surface area (TPSA) is 56.6 Å². The number of halogens is 1. The molecule has 1 amide bonds. The molecule has 124 valence electrons. The third-order valence-electron chi connectivity index (χ3n) is 4.80. The fraction of sp³-hybridized carbons (Fsp3) is 0.412. The first kappa shape index (κ1) is 13.8. The van der Waals surface area contributed by atoms with Crippen molar-refractivity contribution in [3.63, 3.8) is 0 Å². The summed E-state index contributed by atoms with van der Waals surface area (Å²) in [5.74, 6) is 0.250. The first-order valence-corrected chi connectivity index (χ1v) is 8.14. The van der Waals surface area contributed by atoms with Crippen molar-refractivity contribution in [3.8, 4) is 11.5 Å². The van der Waals surface area contributed by atoms with Crippen molar-refractivity contribution in [2.45, 2.75) is 31.8 Å². The fourth-order valence-corrected chi connectivity index (χ4v) is 3.35. The van der Waals surface area contributed by atoms with Gasteiger partial charge in [0.25, 0.3) is 5.91 Å². The number of benzene rings is 1. The van der Waals surface area contributed by atoms with Gasteiger partial charge in [-0.3, -0.25) is 9.48 Å². The zero-order valence-electron chi connectivity index (χ0n) is 13.0. The van der Waals surface area contributed by atoms with Gasteiger partial charge in [-0.2, -0.15) is 5.10 Å². The average molecular weight is 329 g/mol. The molecule has 2 aromatic rings. The van der Waals surface area contributed by atoms with Crippen LogP contribution in [0.5, 0.6) is 11.5 Å². The summed E-state index contributed by atoms with van der Waals surface area (Å²) in [6.07, 6.45) is 2.38. The lowest BCUT2D eigenvalue weighted by Gasteiger charge is -2.28. The number of aromatic nitrogens is 2. The molecular weight excluding hydrogens is 313 g/mol. The maximum atomic E-state index is 14.3.